The molecular formula is C20H19N9O5S2. The second kappa shape index (κ2) is 9.54. The molecule has 2 aliphatic rings. The quantitative estimate of drug-likeness (QED) is 0.129. The number of β-lactam (4-membered cyclic amide) rings is 1. The van der Waals surface area contributed by atoms with Gasteiger partial charge in [0.1, 0.15) is 30.1 Å². The smallest absolute Gasteiger partial charge is 0.348 e. The van der Waals surface area contributed by atoms with Gasteiger partial charge in [0, 0.05) is 22.9 Å². The number of imidazole rings is 1. The third-order valence-corrected chi connectivity index (χ3v) is 7.37. The fourth-order valence-electron chi connectivity index (χ4n) is 3.94. The summed E-state index contributed by atoms with van der Waals surface area (Å²) in [5, 5.41) is 18.0. The van der Waals surface area contributed by atoms with Crippen LogP contribution in [0, 0.1) is 0 Å². The summed E-state index contributed by atoms with van der Waals surface area (Å²) in [6, 6.07) is 2.68. The number of oxime groups is 1. The molecule has 1 saturated heterocycles. The number of nitrogens with two attached hydrogens (primary N) is 1. The van der Waals surface area contributed by atoms with E-state index < -0.39 is 29.2 Å². The summed E-state index contributed by atoms with van der Waals surface area (Å²) in [5.41, 5.74) is 7.10. The summed E-state index contributed by atoms with van der Waals surface area (Å²) in [6.07, 6.45) is 3.32. The molecular weight excluding hydrogens is 510 g/mol. The lowest BCUT2D eigenvalue weighted by molar-refractivity contribution is -0.664. The highest BCUT2D eigenvalue weighted by molar-refractivity contribution is 8.00. The minimum absolute atomic E-state index is 0.0365. The van der Waals surface area contributed by atoms with E-state index in [9.17, 15) is 19.5 Å². The Bertz CT molecular complexity index is 1430. The summed E-state index contributed by atoms with van der Waals surface area (Å²) in [5.74, 6) is -2.52. The highest BCUT2D eigenvalue weighted by atomic mass is 32.2. The fraction of sp³-hybridized carbons (Fsp3) is 0.300. The van der Waals surface area contributed by atoms with Gasteiger partial charge in [0.05, 0.1) is 17.9 Å². The normalized spacial score (nSPS) is 19.8. The van der Waals surface area contributed by atoms with Crippen LogP contribution >= 0.6 is 23.3 Å². The van der Waals surface area contributed by atoms with Crippen LogP contribution in [0.1, 0.15) is 12.7 Å². The maximum absolute atomic E-state index is 13.0. The fourth-order valence-corrected chi connectivity index (χ4v) is 5.71. The van der Waals surface area contributed by atoms with Crippen LogP contribution in [-0.2, 0) is 25.8 Å². The Morgan fingerprint density at radius 1 is 1.47 bits per heavy atom. The van der Waals surface area contributed by atoms with Crippen molar-refractivity contribution in [2.24, 2.45) is 5.16 Å². The van der Waals surface area contributed by atoms with Crippen LogP contribution in [0.2, 0.25) is 0 Å². The molecule has 186 valence electrons. The number of carboxylic acids is 1. The number of carbonyl (C=O) groups is 3. The van der Waals surface area contributed by atoms with E-state index in [0.29, 0.717) is 17.0 Å². The van der Waals surface area contributed by atoms with Crippen molar-refractivity contribution in [2.45, 2.75) is 24.9 Å². The monoisotopic (exact) mass is 529 g/mol. The van der Waals surface area contributed by atoms with Gasteiger partial charge in [-0.2, -0.15) is 9.36 Å². The van der Waals surface area contributed by atoms with Crippen molar-refractivity contribution in [3.8, 4) is 0 Å². The second-order valence-corrected chi connectivity index (χ2v) is 9.58. The van der Waals surface area contributed by atoms with Gasteiger partial charge in [-0.15, -0.1) is 11.8 Å². The Labute approximate surface area is 211 Å². The van der Waals surface area contributed by atoms with Gasteiger partial charge in [-0.25, -0.2) is 4.57 Å². The van der Waals surface area contributed by atoms with Crippen molar-refractivity contribution in [3.63, 3.8) is 0 Å². The first kappa shape index (κ1) is 23.7. The van der Waals surface area contributed by atoms with Crippen molar-refractivity contribution >= 4 is 63.1 Å². The summed E-state index contributed by atoms with van der Waals surface area (Å²) in [6.45, 7) is 2.08. The third-order valence-electron chi connectivity index (χ3n) is 5.49. The Morgan fingerprint density at radius 3 is 3.03 bits per heavy atom. The minimum atomic E-state index is -1.47. The first-order valence-electron chi connectivity index (χ1n) is 10.7. The molecule has 4 N–H and O–H groups in total. The Morgan fingerprint density at radius 2 is 2.31 bits per heavy atom. The molecule has 2 atom stereocenters. The first-order valence-corrected chi connectivity index (χ1v) is 12.5. The summed E-state index contributed by atoms with van der Waals surface area (Å²) in [4.78, 5) is 55.4. The average molecular weight is 530 g/mol. The minimum Gasteiger partial charge on any atom is -0.543 e. The number of amides is 2. The predicted octanol–water partition coefficient (Wildman–Crippen LogP) is -1.87. The molecule has 2 aliphatic heterocycles. The summed E-state index contributed by atoms with van der Waals surface area (Å²) in [7, 11) is 0. The van der Waals surface area contributed by atoms with E-state index in [1.807, 2.05) is 12.1 Å². The molecule has 0 aromatic carbocycles. The van der Waals surface area contributed by atoms with Gasteiger partial charge >= 0.3 is 5.65 Å². The number of fused-ring (bicyclic) bond motifs is 2. The Balaban J connectivity index is 1.37. The van der Waals surface area contributed by atoms with Gasteiger partial charge in [-0.05, 0) is 24.0 Å². The lowest BCUT2D eigenvalue weighted by Crippen LogP contribution is -2.71. The van der Waals surface area contributed by atoms with E-state index in [-0.39, 0.29) is 35.5 Å². The van der Waals surface area contributed by atoms with Crippen LogP contribution in [0.4, 0.5) is 5.13 Å². The molecule has 0 radical (unpaired) electrons. The number of carbonyl (C=O) groups excluding carboxylic acids is 3. The molecule has 0 spiro atoms. The molecule has 0 saturated carbocycles. The lowest BCUT2D eigenvalue weighted by Gasteiger charge is -2.50. The number of aliphatic carboxylic acids is 1. The van der Waals surface area contributed by atoms with Crippen molar-refractivity contribution in [3.05, 3.63) is 41.8 Å². The SMILES string of the molecule is CCO/N=C(\C(=O)NC1C(=O)N2C(C(=O)[O-])=C(C[n+]3cccc4[nH]cnc43)CSC12)c1nsc(N)n1. The number of thioether (sulfide) groups is 1. The van der Waals surface area contributed by atoms with Crippen molar-refractivity contribution < 1.29 is 28.9 Å². The van der Waals surface area contributed by atoms with E-state index in [1.54, 1.807) is 24.0 Å². The van der Waals surface area contributed by atoms with E-state index in [4.69, 9.17) is 10.6 Å². The van der Waals surface area contributed by atoms with Gasteiger partial charge in [0.25, 0.3) is 11.8 Å². The van der Waals surface area contributed by atoms with Gasteiger partial charge in [0.2, 0.25) is 17.9 Å². The van der Waals surface area contributed by atoms with Crippen LogP contribution in [0.3, 0.4) is 0 Å². The van der Waals surface area contributed by atoms with Crippen LogP contribution in [-0.4, -0.2) is 71.5 Å². The number of pyridine rings is 1. The molecule has 5 rings (SSSR count). The Kier molecular flexibility index (Phi) is 6.27. The zero-order chi connectivity index (χ0) is 25.4. The number of nitrogens with one attached hydrogen (secondary N) is 2. The molecule has 2 unspecified atom stereocenters. The van der Waals surface area contributed by atoms with Gasteiger partial charge in [-0.1, -0.05) is 5.16 Å². The average Bonchev–Trinajstić information content (AvgIpc) is 3.52. The number of hydrogen-bond acceptors (Lipinski definition) is 12. The van der Waals surface area contributed by atoms with Gasteiger partial charge in [-0.3, -0.25) is 14.5 Å². The number of aromatic nitrogens is 5. The predicted molar refractivity (Wildman–Crippen MR) is 126 cm³/mol. The molecule has 3 aromatic heterocycles. The summed E-state index contributed by atoms with van der Waals surface area (Å²) < 4.78 is 5.76. The number of H-pyrrole nitrogens is 1. The summed E-state index contributed by atoms with van der Waals surface area (Å²) >= 11 is 2.21. The van der Waals surface area contributed by atoms with Crippen molar-refractivity contribution in [1.82, 2.24) is 29.5 Å². The highest BCUT2D eigenvalue weighted by Crippen LogP contribution is 2.40. The van der Waals surface area contributed by atoms with Gasteiger partial charge < -0.3 is 30.8 Å². The molecule has 36 heavy (non-hydrogen) atoms. The number of nitrogen functional groups attached to an aromatic ring is 1. The number of anilines is 1. The second-order valence-electron chi connectivity index (χ2n) is 7.69. The zero-order valence-corrected chi connectivity index (χ0v) is 20.3. The zero-order valence-electron chi connectivity index (χ0n) is 18.7. The largest absolute Gasteiger partial charge is 0.543 e. The topological polar surface area (TPSA) is 195 Å². The number of aromatic amines is 1. The van der Waals surface area contributed by atoms with Crippen LogP contribution < -0.4 is 20.7 Å². The van der Waals surface area contributed by atoms with E-state index >= 15 is 0 Å². The van der Waals surface area contributed by atoms with E-state index in [1.165, 1.54) is 11.8 Å². The molecule has 2 amide bonds. The molecule has 14 nitrogen and oxygen atoms in total. The van der Waals surface area contributed by atoms with Crippen LogP contribution in [0.5, 0.6) is 0 Å². The standard InChI is InChI=1S/C20H19N9O5S2/c1-2-34-26-11(14-25-20(21)36-27-14)16(30)24-12-17(31)29-13(19(32)33)9(7-35-18(12)29)6-28-5-3-4-10-15(28)23-8-22-10/h3-5,8,12,18H,2,6-7H2,1H3,(H4,21,24,25,27,30,32,33)/b26-11-. The van der Waals surface area contributed by atoms with E-state index in [0.717, 1.165) is 21.9 Å². The van der Waals surface area contributed by atoms with Gasteiger partial charge in [0.15, 0.2) is 5.13 Å². The molecule has 3 aromatic rings. The number of nitrogens with zero attached hydrogens (tertiary/aromatic N) is 6. The number of hydrogen-bond donors (Lipinski definition) is 3. The molecule has 16 heteroatoms. The maximum Gasteiger partial charge on any atom is 0.348 e. The highest BCUT2D eigenvalue weighted by Gasteiger charge is 2.53. The van der Waals surface area contributed by atoms with E-state index in [2.05, 4.69) is 29.8 Å². The molecule has 0 bridgehead atoms. The molecule has 5 heterocycles. The number of carboxylic acid groups (broad SMARTS) is 1. The Hall–Kier alpha value is -4.05. The van der Waals surface area contributed by atoms with Crippen LogP contribution in [0.15, 0.2) is 41.1 Å². The van der Waals surface area contributed by atoms with Crippen molar-refractivity contribution in [1.29, 1.82) is 0 Å². The third kappa shape index (κ3) is 4.13. The number of rotatable bonds is 8. The van der Waals surface area contributed by atoms with Crippen molar-refractivity contribution in [2.75, 3.05) is 18.1 Å². The lowest BCUT2D eigenvalue weighted by atomic mass is 10.0. The molecule has 1 fully saturated rings. The maximum atomic E-state index is 13.0. The van der Waals surface area contributed by atoms with Crippen LogP contribution in [0.25, 0.3) is 11.2 Å². The first-order chi connectivity index (χ1) is 17.4. The molecule has 0 aliphatic carbocycles.